The second-order valence-electron chi connectivity index (χ2n) is 11.8. The summed E-state index contributed by atoms with van der Waals surface area (Å²) in [7, 11) is 0. The molecule has 2 aromatic heterocycles. The fourth-order valence-corrected chi connectivity index (χ4v) is 8.74. The number of halogens is 1. The van der Waals surface area contributed by atoms with E-state index < -0.39 is 0 Å². The molecule has 0 aliphatic rings. The largest absolute Gasteiger partial charge is 0.456 e. The molecule has 8 aromatic carbocycles. The molecule has 10 rings (SSSR count). The van der Waals surface area contributed by atoms with E-state index in [-0.39, 0.29) is 0 Å². The summed E-state index contributed by atoms with van der Waals surface area (Å²) < 4.78 is 8.77. The predicted molar refractivity (Wildman–Crippen MR) is 199 cm³/mol. The molecule has 0 fully saturated rings. The van der Waals surface area contributed by atoms with Crippen LogP contribution < -0.4 is 4.90 Å². The first kappa shape index (κ1) is 25.9. The first-order valence-electron chi connectivity index (χ1n) is 15.4. The average Bonchev–Trinajstić information content (AvgIpc) is 3.67. The highest BCUT2D eigenvalue weighted by Gasteiger charge is 2.19. The summed E-state index contributed by atoms with van der Waals surface area (Å²) in [6.45, 7) is 0. The highest BCUT2D eigenvalue weighted by molar-refractivity contribution is 7.26. The van der Waals surface area contributed by atoms with Gasteiger partial charge in [0.15, 0.2) is 0 Å². The van der Waals surface area contributed by atoms with Crippen LogP contribution in [0.5, 0.6) is 0 Å². The number of anilines is 3. The van der Waals surface area contributed by atoms with Gasteiger partial charge in [-0.1, -0.05) is 96.5 Å². The van der Waals surface area contributed by atoms with Gasteiger partial charge in [-0.05, 0) is 86.9 Å². The molecule has 0 aliphatic carbocycles. The third-order valence-electron chi connectivity index (χ3n) is 9.29. The van der Waals surface area contributed by atoms with Gasteiger partial charge in [-0.3, -0.25) is 0 Å². The smallest absolute Gasteiger partial charge is 0.137 e. The highest BCUT2D eigenvalue weighted by Crippen LogP contribution is 2.45. The molecule has 0 radical (unpaired) electrons. The van der Waals surface area contributed by atoms with Gasteiger partial charge in [0.1, 0.15) is 11.2 Å². The van der Waals surface area contributed by atoms with Crippen molar-refractivity contribution in [3.05, 3.63) is 151 Å². The van der Waals surface area contributed by atoms with Crippen LogP contribution in [-0.4, -0.2) is 0 Å². The minimum absolute atomic E-state index is 0.789. The van der Waals surface area contributed by atoms with Crippen LogP contribution in [0, 0.1) is 0 Å². The van der Waals surface area contributed by atoms with E-state index in [1.807, 2.05) is 24.3 Å². The Bertz CT molecular complexity index is 2810. The zero-order valence-electron chi connectivity index (χ0n) is 24.5. The van der Waals surface area contributed by atoms with E-state index in [0.717, 1.165) is 49.4 Å². The van der Waals surface area contributed by atoms with Crippen molar-refractivity contribution in [2.45, 2.75) is 0 Å². The zero-order valence-corrected chi connectivity index (χ0v) is 26.1. The van der Waals surface area contributed by atoms with Gasteiger partial charge in [0.2, 0.25) is 0 Å². The molecule has 0 spiro atoms. The minimum Gasteiger partial charge on any atom is -0.456 e. The first-order valence-corrected chi connectivity index (χ1v) is 16.6. The third-order valence-corrected chi connectivity index (χ3v) is 10.7. The number of rotatable bonds is 3. The van der Waals surface area contributed by atoms with Crippen LogP contribution in [-0.2, 0) is 0 Å². The van der Waals surface area contributed by atoms with Gasteiger partial charge < -0.3 is 9.32 Å². The van der Waals surface area contributed by atoms with Gasteiger partial charge in [-0.2, -0.15) is 0 Å². The molecule has 0 amide bonds. The number of fused-ring (bicyclic) bond motifs is 12. The Morgan fingerprint density at radius 3 is 1.70 bits per heavy atom. The Labute approximate surface area is 273 Å². The lowest BCUT2D eigenvalue weighted by atomic mass is 9.94. The second-order valence-corrected chi connectivity index (χ2v) is 13.3. The van der Waals surface area contributed by atoms with Gasteiger partial charge in [0.25, 0.3) is 0 Å². The van der Waals surface area contributed by atoms with Gasteiger partial charge >= 0.3 is 0 Å². The Morgan fingerprint density at radius 2 is 0.957 bits per heavy atom. The maximum Gasteiger partial charge on any atom is 0.137 e. The quantitative estimate of drug-likeness (QED) is 0.182. The summed E-state index contributed by atoms with van der Waals surface area (Å²) >= 11 is 8.47. The number of hydrogen-bond acceptors (Lipinski definition) is 3. The van der Waals surface area contributed by atoms with Crippen molar-refractivity contribution in [2.75, 3.05) is 4.90 Å². The van der Waals surface area contributed by atoms with E-state index in [9.17, 15) is 0 Å². The molecule has 0 N–H and O–H groups in total. The predicted octanol–water partition coefficient (Wildman–Crippen LogP) is 13.5. The molecule has 2 nitrogen and oxygen atoms in total. The van der Waals surface area contributed by atoms with Crippen LogP contribution in [0.1, 0.15) is 0 Å². The van der Waals surface area contributed by atoms with Crippen LogP contribution in [0.2, 0.25) is 5.02 Å². The normalized spacial score (nSPS) is 12.0. The van der Waals surface area contributed by atoms with Crippen molar-refractivity contribution < 1.29 is 4.42 Å². The maximum atomic E-state index is 6.69. The SMILES string of the molecule is Clc1cccc2sc3cc(N(c4ccc5c(c4)oc4ccccc45)c4ccc5c6ccccc6c6ccccc6c5c4)ccc3c12. The molecule has 0 aliphatic heterocycles. The Balaban J connectivity index is 1.25. The van der Waals surface area contributed by atoms with Gasteiger partial charge in [0.05, 0.1) is 0 Å². The second kappa shape index (κ2) is 9.82. The summed E-state index contributed by atoms with van der Waals surface area (Å²) in [5.74, 6) is 0. The third kappa shape index (κ3) is 3.76. The van der Waals surface area contributed by atoms with Crippen LogP contribution in [0.25, 0.3) is 74.4 Å². The van der Waals surface area contributed by atoms with E-state index in [4.69, 9.17) is 16.0 Å². The van der Waals surface area contributed by atoms with E-state index in [0.29, 0.717) is 0 Å². The van der Waals surface area contributed by atoms with Crippen molar-refractivity contribution in [1.82, 2.24) is 0 Å². The maximum absolute atomic E-state index is 6.69. The number of furan rings is 1. The fraction of sp³-hybridized carbons (Fsp3) is 0. The van der Waals surface area contributed by atoms with E-state index in [1.54, 1.807) is 11.3 Å². The lowest BCUT2D eigenvalue weighted by Gasteiger charge is -2.26. The summed E-state index contributed by atoms with van der Waals surface area (Å²) in [5.41, 5.74) is 4.97. The molecule has 0 atom stereocenters. The lowest BCUT2D eigenvalue weighted by molar-refractivity contribution is 0.669. The highest BCUT2D eigenvalue weighted by atomic mass is 35.5. The number of nitrogens with zero attached hydrogens (tertiary/aromatic N) is 1. The molecule has 0 unspecified atom stereocenters. The number of thiophene rings is 1. The zero-order chi connectivity index (χ0) is 30.4. The van der Waals surface area contributed by atoms with Crippen molar-refractivity contribution in [3.8, 4) is 0 Å². The summed E-state index contributed by atoms with van der Waals surface area (Å²) in [5, 5.41) is 12.9. The molecule has 0 saturated carbocycles. The number of hydrogen-bond donors (Lipinski definition) is 0. The fourth-order valence-electron chi connectivity index (χ4n) is 7.25. The van der Waals surface area contributed by atoms with Crippen LogP contribution in [0.3, 0.4) is 0 Å². The van der Waals surface area contributed by atoms with E-state index >= 15 is 0 Å². The van der Waals surface area contributed by atoms with Crippen LogP contribution in [0.4, 0.5) is 17.1 Å². The first-order chi connectivity index (χ1) is 22.7. The van der Waals surface area contributed by atoms with Gasteiger partial charge in [-0.15, -0.1) is 11.3 Å². The number of benzene rings is 8. The monoisotopic (exact) mass is 625 g/mol. The molecule has 10 aromatic rings. The van der Waals surface area contributed by atoms with Gasteiger partial charge in [0, 0.05) is 59.1 Å². The molecule has 216 valence electrons. The van der Waals surface area contributed by atoms with Crippen molar-refractivity contribution in [1.29, 1.82) is 0 Å². The van der Waals surface area contributed by atoms with Crippen LogP contribution in [0.15, 0.2) is 150 Å². The molecular weight excluding hydrogens is 602 g/mol. The molecule has 46 heavy (non-hydrogen) atoms. The molecular formula is C42H24ClNOS. The lowest BCUT2D eigenvalue weighted by Crippen LogP contribution is -2.09. The van der Waals surface area contributed by atoms with Crippen molar-refractivity contribution >= 4 is 114 Å². The molecule has 4 heteroatoms. The average molecular weight is 626 g/mol. The molecule has 0 saturated heterocycles. The summed E-state index contributed by atoms with van der Waals surface area (Å²) in [4.78, 5) is 2.35. The standard InChI is InChI=1S/C42H24ClNOS/c43-37-13-7-15-40-42(37)35-21-18-27(24-41(35)46-40)44(26-17-20-34-33-12-5-6-14-38(33)45-39(34)23-26)25-16-19-32-30-10-2-1-8-28(30)29-9-3-4-11-31(29)36(32)22-25/h1-24H. The topological polar surface area (TPSA) is 16.4 Å². The van der Waals surface area contributed by atoms with Crippen LogP contribution >= 0.6 is 22.9 Å². The minimum atomic E-state index is 0.789. The molecule has 0 bridgehead atoms. The number of para-hydroxylation sites is 1. The summed E-state index contributed by atoms with van der Waals surface area (Å²) in [6, 6.07) is 52.0. The van der Waals surface area contributed by atoms with Crippen molar-refractivity contribution in [2.24, 2.45) is 0 Å². The Hall–Kier alpha value is -5.35. The van der Waals surface area contributed by atoms with E-state index in [1.165, 1.54) is 47.1 Å². The van der Waals surface area contributed by atoms with Crippen molar-refractivity contribution in [3.63, 3.8) is 0 Å². The Kier molecular flexibility index (Phi) is 5.54. The Morgan fingerprint density at radius 1 is 0.413 bits per heavy atom. The molecule has 2 heterocycles. The van der Waals surface area contributed by atoms with E-state index in [2.05, 4.69) is 126 Å². The summed E-state index contributed by atoms with van der Waals surface area (Å²) in [6.07, 6.45) is 0. The van der Waals surface area contributed by atoms with Gasteiger partial charge in [-0.25, -0.2) is 0 Å².